The molecule has 20 heavy (non-hydrogen) atoms. The van der Waals surface area contributed by atoms with Crippen molar-refractivity contribution in [2.75, 3.05) is 12.3 Å². The SMILES string of the molecule is CC(C)n1cnnc1SCC(=O)NCCc1cnc[nH]1. The first kappa shape index (κ1) is 14.6. The van der Waals surface area contributed by atoms with Crippen molar-refractivity contribution < 1.29 is 4.79 Å². The summed E-state index contributed by atoms with van der Waals surface area (Å²) in [4.78, 5) is 18.7. The largest absolute Gasteiger partial charge is 0.355 e. The maximum atomic E-state index is 11.7. The van der Waals surface area contributed by atoms with Gasteiger partial charge in [-0.05, 0) is 13.8 Å². The monoisotopic (exact) mass is 294 g/mol. The molecule has 0 atom stereocenters. The van der Waals surface area contributed by atoms with Gasteiger partial charge in [0.1, 0.15) is 6.33 Å². The normalized spacial score (nSPS) is 10.9. The Kier molecular flexibility index (Phi) is 5.16. The summed E-state index contributed by atoms with van der Waals surface area (Å²) in [7, 11) is 0. The summed E-state index contributed by atoms with van der Waals surface area (Å²) < 4.78 is 1.95. The summed E-state index contributed by atoms with van der Waals surface area (Å²) in [6.45, 7) is 4.70. The molecular formula is C12H18N6OS. The van der Waals surface area contributed by atoms with E-state index in [4.69, 9.17) is 0 Å². The molecule has 0 aliphatic carbocycles. The van der Waals surface area contributed by atoms with Crippen LogP contribution in [-0.4, -0.2) is 42.9 Å². The van der Waals surface area contributed by atoms with Crippen LogP contribution >= 0.6 is 11.8 Å². The Morgan fingerprint density at radius 1 is 1.55 bits per heavy atom. The second kappa shape index (κ2) is 7.09. The number of imidazole rings is 1. The predicted octanol–water partition coefficient (Wildman–Crippen LogP) is 1.03. The van der Waals surface area contributed by atoms with Crippen molar-refractivity contribution in [3.8, 4) is 0 Å². The van der Waals surface area contributed by atoms with Crippen molar-refractivity contribution in [1.29, 1.82) is 0 Å². The molecule has 8 heteroatoms. The maximum Gasteiger partial charge on any atom is 0.230 e. The molecule has 0 aromatic carbocycles. The fourth-order valence-corrected chi connectivity index (χ4v) is 2.50. The number of rotatable bonds is 7. The van der Waals surface area contributed by atoms with Crippen LogP contribution in [0.2, 0.25) is 0 Å². The smallest absolute Gasteiger partial charge is 0.230 e. The number of aromatic nitrogens is 5. The Morgan fingerprint density at radius 3 is 3.10 bits per heavy atom. The third kappa shape index (κ3) is 4.09. The molecule has 0 aliphatic rings. The van der Waals surface area contributed by atoms with Gasteiger partial charge in [-0.2, -0.15) is 0 Å². The van der Waals surface area contributed by atoms with Gasteiger partial charge in [0.2, 0.25) is 5.91 Å². The molecule has 108 valence electrons. The average molecular weight is 294 g/mol. The number of carbonyl (C=O) groups excluding carboxylic acids is 1. The van der Waals surface area contributed by atoms with Gasteiger partial charge in [0, 0.05) is 30.9 Å². The van der Waals surface area contributed by atoms with Crippen LogP contribution in [0.1, 0.15) is 25.6 Å². The Hall–Kier alpha value is -1.83. The highest BCUT2D eigenvalue weighted by Gasteiger charge is 2.10. The molecule has 0 fully saturated rings. The van der Waals surface area contributed by atoms with E-state index in [1.54, 1.807) is 18.9 Å². The van der Waals surface area contributed by atoms with Gasteiger partial charge in [-0.25, -0.2) is 4.98 Å². The fraction of sp³-hybridized carbons (Fsp3) is 0.500. The minimum Gasteiger partial charge on any atom is -0.355 e. The Labute approximate surface area is 121 Å². The second-order valence-corrected chi connectivity index (χ2v) is 5.52. The number of nitrogens with one attached hydrogen (secondary N) is 2. The van der Waals surface area contributed by atoms with E-state index in [0.29, 0.717) is 12.3 Å². The Morgan fingerprint density at radius 2 is 2.40 bits per heavy atom. The molecule has 0 saturated heterocycles. The van der Waals surface area contributed by atoms with Gasteiger partial charge in [-0.1, -0.05) is 11.8 Å². The van der Waals surface area contributed by atoms with E-state index in [1.165, 1.54) is 11.8 Å². The summed E-state index contributed by atoms with van der Waals surface area (Å²) in [6.07, 6.45) is 5.82. The van der Waals surface area contributed by atoms with Crippen molar-refractivity contribution in [3.05, 3.63) is 24.5 Å². The maximum absolute atomic E-state index is 11.7. The number of thioether (sulfide) groups is 1. The second-order valence-electron chi connectivity index (χ2n) is 4.58. The van der Waals surface area contributed by atoms with Gasteiger partial charge in [0.05, 0.1) is 12.1 Å². The summed E-state index contributed by atoms with van der Waals surface area (Å²) in [5.74, 6) is 0.335. The minimum absolute atomic E-state index is 0.00665. The van der Waals surface area contributed by atoms with Crippen molar-refractivity contribution in [2.24, 2.45) is 0 Å². The number of amides is 1. The zero-order valence-corrected chi connectivity index (χ0v) is 12.4. The molecule has 2 aromatic rings. The molecule has 7 nitrogen and oxygen atoms in total. The molecule has 0 saturated carbocycles. The highest BCUT2D eigenvalue weighted by Crippen LogP contribution is 2.18. The lowest BCUT2D eigenvalue weighted by molar-refractivity contribution is -0.118. The van der Waals surface area contributed by atoms with Crippen LogP contribution < -0.4 is 5.32 Å². The van der Waals surface area contributed by atoms with Crippen molar-refractivity contribution >= 4 is 17.7 Å². The van der Waals surface area contributed by atoms with Gasteiger partial charge >= 0.3 is 0 Å². The number of nitrogens with zero attached hydrogens (tertiary/aromatic N) is 4. The van der Waals surface area contributed by atoms with Crippen molar-refractivity contribution in [1.82, 2.24) is 30.0 Å². The van der Waals surface area contributed by atoms with Crippen LogP contribution in [-0.2, 0) is 11.2 Å². The van der Waals surface area contributed by atoms with E-state index in [1.807, 2.05) is 4.57 Å². The third-order valence-corrected chi connectivity index (χ3v) is 3.66. The molecule has 0 spiro atoms. The minimum atomic E-state index is -0.00665. The van der Waals surface area contributed by atoms with E-state index < -0.39 is 0 Å². The van der Waals surface area contributed by atoms with Gasteiger partial charge in [0.15, 0.2) is 5.16 Å². The zero-order chi connectivity index (χ0) is 14.4. The van der Waals surface area contributed by atoms with Gasteiger partial charge < -0.3 is 14.9 Å². The van der Waals surface area contributed by atoms with Crippen LogP contribution in [0.4, 0.5) is 0 Å². The highest BCUT2D eigenvalue weighted by atomic mass is 32.2. The predicted molar refractivity (Wildman–Crippen MR) is 76.4 cm³/mol. The van der Waals surface area contributed by atoms with Gasteiger partial charge in [-0.15, -0.1) is 10.2 Å². The molecule has 2 heterocycles. The van der Waals surface area contributed by atoms with E-state index in [9.17, 15) is 4.79 Å². The first-order valence-corrected chi connectivity index (χ1v) is 7.41. The molecule has 0 bridgehead atoms. The zero-order valence-electron chi connectivity index (χ0n) is 11.5. The van der Waals surface area contributed by atoms with Crippen LogP contribution in [0.25, 0.3) is 0 Å². The van der Waals surface area contributed by atoms with Crippen LogP contribution in [0, 0.1) is 0 Å². The van der Waals surface area contributed by atoms with Crippen molar-refractivity contribution in [3.63, 3.8) is 0 Å². The average Bonchev–Trinajstić information content (AvgIpc) is 3.07. The molecule has 0 radical (unpaired) electrons. The molecule has 0 unspecified atom stereocenters. The molecule has 1 amide bonds. The quantitative estimate of drug-likeness (QED) is 0.745. The fourth-order valence-electron chi connectivity index (χ4n) is 1.63. The van der Waals surface area contributed by atoms with Crippen LogP contribution in [0.15, 0.2) is 24.0 Å². The van der Waals surface area contributed by atoms with E-state index >= 15 is 0 Å². The van der Waals surface area contributed by atoms with E-state index in [-0.39, 0.29) is 11.9 Å². The Balaban J connectivity index is 1.71. The lowest BCUT2D eigenvalue weighted by Crippen LogP contribution is -2.27. The summed E-state index contributed by atoms with van der Waals surface area (Å²) in [5, 5.41) is 11.5. The van der Waals surface area contributed by atoms with Crippen molar-refractivity contribution in [2.45, 2.75) is 31.5 Å². The lowest BCUT2D eigenvalue weighted by atomic mass is 10.3. The molecule has 0 aliphatic heterocycles. The topological polar surface area (TPSA) is 88.5 Å². The molecule has 2 N–H and O–H groups in total. The number of carbonyl (C=O) groups is 1. The summed E-state index contributed by atoms with van der Waals surface area (Å²) >= 11 is 1.40. The number of hydrogen-bond donors (Lipinski definition) is 2. The molecule has 2 aromatic heterocycles. The van der Waals surface area contributed by atoms with E-state index in [0.717, 1.165) is 17.3 Å². The lowest BCUT2D eigenvalue weighted by Gasteiger charge is -2.09. The third-order valence-electron chi connectivity index (χ3n) is 2.70. The number of aromatic amines is 1. The first-order chi connectivity index (χ1) is 9.66. The standard InChI is InChI=1S/C12H18N6OS/c1-9(2)18-8-16-17-12(18)20-6-11(19)14-4-3-10-5-13-7-15-10/h5,7-9H,3-4,6H2,1-2H3,(H,13,15)(H,14,19). The van der Waals surface area contributed by atoms with Crippen LogP contribution in [0.5, 0.6) is 0 Å². The van der Waals surface area contributed by atoms with Crippen LogP contribution in [0.3, 0.4) is 0 Å². The highest BCUT2D eigenvalue weighted by molar-refractivity contribution is 7.99. The van der Waals surface area contributed by atoms with Gasteiger partial charge in [0.25, 0.3) is 0 Å². The molecule has 2 rings (SSSR count). The molecular weight excluding hydrogens is 276 g/mol. The van der Waals surface area contributed by atoms with E-state index in [2.05, 4.69) is 39.3 Å². The van der Waals surface area contributed by atoms with Gasteiger partial charge in [-0.3, -0.25) is 4.79 Å². The number of H-pyrrole nitrogens is 1. The summed E-state index contributed by atoms with van der Waals surface area (Å²) in [6, 6.07) is 0.288. The Bertz CT molecular complexity index is 536. The first-order valence-electron chi connectivity index (χ1n) is 6.43. The summed E-state index contributed by atoms with van der Waals surface area (Å²) in [5.41, 5.74) is 1.01. The number of hydrogen-bond acceptors (Lipinski definition) is 5.